The number of piperidine rings is 1. The van der Waals surface area contributed by atoms with Crippen molar-refractivity contribution in [3.8, 4) is 0 Å². The number of nitrogens with one attached hydrogen (secondary N) is 1. The minimum absolute atomic E-state index is 0.274. The maximum Gasteiger partial charge on any atom is 0.244 e. The molecule has 1 unspecified atom stereocenters. The third-order valence-electron chi connectivity index (χ3n) is 4.22. The zero-order valence-corrected chi connectivity index (χ0v) is 10.9. The van der Waals surface area contributed by atoms with Crippen LogP contribution in [0.25, 0.3) is 0 Å². The zero-order valence-electron chi connectivity index (χ0n) is 10.9. The van der Waals surface area contributed by atoms with Crippen molar-refractivity contribution in [2.45, 2.75) is 56.9 Å². The largest absolute Gasteiger partial charge is 0.338 e. The molecule has 1 aromatic rings. The topological polar surface area (TPSA) is 70.8 Å². The van der Waals surface area contributed by atoms with Crippen LogP contribution < -0.4 is 10.6 Å². The van der Waals surface area contributed by atoms with Crippen LogP contribution in [0.2, 0.25) is 0 Å². The highest BCUT2D eigenvalue weighted by molar-refractivity contribution is 5.30. The van der Waals surface area contributed by atoms with E-state index in [0.29, 0.717) is 5.92 Å². The van der Waals surface area contributed by atoms with Gasteiger partial charge in [-0.25, -0.2) is 0 Å². The fourth-order valence-corrected chi connectivity index (χ4v) is 3.16. The molecule has 5 nitrogen and oxygen atoms in total. The molecule has 1 aromatic heterocycles. The summed E-state index contributed by atoms with van der Waals surface area (Å²) in [7, 11) is 0. The Bertz CT molecular complexity index is 382. The summed E-state index contributed by atoms with van der Waals surface area (Å²) >= 11 is 0. The van der Waals surface area contributed by atoms with Crippen molar-refractivity contribution in [3.63, 3.8) is 0 Å². The van der Waals surface area contributed by atoms with Gasteiger partial charge in [0.2, 0.25) is 5.95 Å². The molecule has 3 N–H and O–H groups in total. The van der Waals surface area contributed by atoms with Crippen LogP contribution in [0.5, 0.6) is 0 Å². The molecule has 1 saturated carbocycles. The molecule has 18 heavy (non-hydrogen) atoms. The predicted molar refractivity (Wildman–Crippen MR) is 71.6 cm³/mol. The summed E-state index contributed by atoms with van der Waals surface area (Å²) in [5.74, 6) is 2.54. The number of nitrogens with two attached hydrogens (primary N) is 1. The van der Waals surface area contributed by atoms with Crippen molar-refractivity contribution in [3.05, 3.63) is 5.82 Å². The van der Waals surface area contributed by atoms with E-state index in [-0.39, 0.29) is 6.04 Å². The summed E-state index contributed by atoms with van der Waals surface area (Å²) < 4.78 is 0. The number of hydrogen-bond acceptors (Lipinski definition) is 4. The van der Waals surface area contributed by atoms with Gasteiger partial charge in [-0.15, -0.1) is 5.10 Å². The van der Waals surface area contributed by atoms with Gasteiger partial charge in [0.05, 0.1) is 0 Å². The molecular formula is C13H23N5. The number of anilines is 1. The van der Waals surface area contributed by atoms with Crippen LogP contribution in [0.4, 0.5) is 5.95 Å². The van der Waals surface area contributed by atoms with Crippen LogP contribution in [-0.4, -0.2) is 34.3 Å². The lowest BCUT2D eigenvalue weighted by Gasteiger charge is -2.29. The Hall–Kier alpha value is -1.10. The van der Waals surface area contributed by atoms with Gasteiger partial charge in [-0.2, -0.15) is 4.98 Å². The van der Waals surface area contributed by atoms with Gasteiger partial charge in [-0.3, -0.25) is 5.10 Å². The highest BCUT2D eigenvalue weighted by Gasteiger charge is 2.23. The van der Waals surface area contributed by atoms with E-state index in [9.17, 15) is 0 Å². The first-order valence-corrected chi connectivity index (χ1v) is 7.26. The van der Waals surface area contributed by atoms with Gasteiger partial charge < -0.3 is 10.6 Å². The fraction of sp³-hybridized carbons (Fsp3) is 0.846. The van der Waals surface area contributed by atoms with Crippen molar-refractivity contribution in [1.82, 2.24) is 15.2 Å². The summed E-state index contributed by atoms with van der Waals surface area (Å²) in [6.45, 7) is 1.93. The van der Waals surface area contributed by atoms with Crippen LogP contribution in [0.3, 0.4) is 0 Å². The van der Waals surface area contributed by atoms with E-state index in [0.717, 1.165) is 37.7 Å². The molecule has 2 aliphatic rings. The van der Waals surface area contributed by atoms with E-state index in [1.807, 2.05) is 0 Å². The molecule has 2 heterocycles. The van der Waals surface area contributed by atoms with Crippen molar-refractivity contribution in [1.29, 1.82) is 0 Å². The van der Waals surface area contributed by atoms with Crippen molar-refractivity contribution in [2.24, 2.45) is 5.73 Å². The van der Waals surface area contributed by atoms with Gasteiger partial charge in [-0.1, -0.05) is 19.3 Å². The Morgan fingerprint density at radius 2 is 1.94 bits per heavy atom. The number of hydrogen-bond donors (Lipinski definition) is 2. The molecule has 0 radical (unpaired) electrons. The van der Waals surface area contributed by atoms with E-state index in [4.69, 9.17) is 10.7 Å². The van der Waals surface area contributed by atoms with Crippen LogP contribution >= 0.6 is 0 Å². The van der Waals surface area contributed by atoms with E-state index < -0.39 is 0 Å². The van der Waals surface area contributed by atoms with Crippen LogP contribution in [-0.2, 0) is 0 Å². The molecule has 100 valence electrons. The average Bonchev–Trinajstić information content (AvgIpc) is 2.89. The smallest absolute Gasteiger partial charge is 0.244 e. The van der Waals surface area contributed by atoms with Crippen molar-refractivity contribution < 1.29 is 0 Å². The van der Waals surface area contributed by atoms with Crippen LogP contribution in [0.15, 0.2) is 0 Å². The van der Waals surface area contributed by atoms with Gasteiger partial charge in [0.15, 0.2) is 0 Å². The number of nitrogens with zero attached hydrogens (tertiary/aromatic N) is 3. The molecule has 5 heteroatoms. The van der Waals surface area contributed by atoms with Crippen LogP contribution in [0.1, 0.15) is 56.7 Å². The predicted octanol–water partition coefficient (Wildman–Crippen LogP) is 1.78. The van der Waals surface area contributed by atoms with Gasteiger partial charge in [-0.05, 0) is 25.7 Å². The summed E-state index contributed by atoms with van der Waals surface area (Å²) in [5.41, 5.74) is 6.00. The molecule has 0 bridgehead atoms. The number of H-pyrrole nitrogens is 1. The van der Waals surface area contributed by atoms with E-state index in [1.165, 1.54) is 32.1 Å². The van der Waals surface area contributed by atoms with Gasteiger partial charge in [0, 0.05) is 25.0 Å². The van der Waals surface area contributed by atoms with E-state index in [1.54, 1.807) is 0 Å². The van der Waals surface area contributed by atoms with Crippen LogP contribution in [0, 0.1) is 0 Å². The molecule has 0 aromatic carbocycles. The lowest BCUT2D eigenvalue weighted by Crippen LogP contribution is -2.43. The van der Waals surface area contributed by atoms with Gasteiger partial charge in [0.25, 0.3) is 0 Å². The van der Waals surface area contributed by atoms with Crippen molar-refractivity contribution >= 4 is 5.95 Å². The third-order valence-corrected chi connectivity index (χ3v) is 4.22. The Balaban J connectivity index is 1.68. The lowest BCUT2D eigenvalue weighted by atomic mass is 9.89. The summed E-state index contributed by atoms with van der Waals surface area (Å²) in [6.07, 6.45) is 8.82. The summed E-state index contributed by atoms with van der Waals surface area (Å²) in [6, 6.07) is 0.274. The first kappa shape index (κ1) is 12.0. The zero-order chi connectivity index (χ0) is 12.4. The lowest BCUT2D eigenvalue weighted by molar-refractivity contribution is 0.429. The maximum absolute atomic E-state index is 6.00. The molecule has 1 atom stereocenters. The minimum Gasteiger partial charge on any atom is -0.338 e. The highest BCUT2D eigenvalue weighted by Crippen LogP contribution is 2.31. The summed E-state index contributed by atoms with van der Waals surface area (Å²) in [4.78, 5) is 6.91. The maximum atomic E-state index is 6.00. The quantitative estimate of drug-likeness (QED) is 0.838. The second-order valence-corrected chi connectivity index (χ2v) is 5.70. The SMILES string of the molecule is NC1CCCN(c2n[nH]c(C3CCCCC3)n2)C1. The Morgan fingerprint density at radius 1 is 1.11 bits per heavy atom. The second kappa shape index (κ2) is 5.26. The minimum atomic E-state index is 0.274. The second-order valence-electron chi connectivity index (χ2n) is 5.70. The van der Waals surface area contributed by atoms with Gasteiger partial charge in [0.1, 0.15) is 5.82 Å². The van der Waals surface area contributed by atoms with E-state index in [2.05, 4.69) is 15.1 Å². The van der Waals surface area contributed by atoms with Crippen molar-refractivity contribution in [2.75, 3.05) is 18.0 Å². The highest BCUT2D eigenvalue weighted by atomic mass is 15.4. The molecule has 2 fully saturated rings. The molecule has 0 amide bonds. The number of aromatic nitrogens is 3. The molecule has 3 rings (SSSR count). The Kier molecular flexibility index (Phi) is 3.50. The monoisotopic (exact) mass is 249 g/mol. The number of rotatable bonds is 2. The molecular weight excluding hydrogens is 226 g/mol. The standard InChI is InChI=1S/C13H23N5/c14-11-7-4-8-18(9-11)13-15-12(16-17-13)10-5-2-1-3-6-10/h10-11H,1-9,14H2,(H,15,16,17). The van der Waals surface area contributed by atoms with E-state index >= 15 is 0 Å². The summed E-state index contributed by atoms with van der Waals surface area (Å²) in [5, 5.41) is 7.53. The first-order chi connectivity index (χ1) is 8.83. The fourth-order valence-electron chi connectivity index (χ4n) is 3.16. The third kappa shape index (κ3) is 2.51. The molecule has 1 saturated heterocycles. The Labute approximate surface area is 108 Å². The molecule has 0 spiro atoms. The van der Waals surface area contributed by atoms with Gasteiger partial charge >= 0.3 is 0 Å². The average molecular weight is 249 g/mol. The normalized spacial score (nSPS) is 26.5. The first-order valence-electron chi connectivity index (χ1n) is 7.26. The number of aromatic amines is 1. The molecule has 1 aliphatic carbocycles. The Morgan fingerprint density at radius 3 is 2.72 bits per heavy atom. The molecule has 1 aliphatic heterocycles.